The fourth-order valence-corrected chi connectivity index (χ4v) is 3.94. The quantitative estimate of drug-likeness (QED) is 0.385. The van der Waals surface area contributed by atoms with Gasteiger partial charge in [-0.15, -0.1) is 0 Å². The second-order valence-electron chi connectivity index (χ2n) is 7.62. The zero-order valence-corrected chi connectivity index (χ0v) is 17.6. The van der Waals surface area contributed by atoms with Crippen molar-refractivity contribution in [3.63, 3.8) is 0 Å². The Kier molecular flexibility index (Phi) is 5.03. The van der Waals surface area contributed by atoms with Gasteiger partial charge in [0.1, 0.15) is 12.1 Å². The van der Waals surface area contributed by atoms with Crippen LogP contribution in [0, 0.1) is 5.82 Å². The molecule has 11 heteroatoms. The van der Waals surface area contributed by atoms with Crippen LogP contribution in [0.15, 0.2) is 71.9 Å². The summed E-state index contributed by atoms with van der Waals surface area (Å²) in [4.78, 5) is 21.8. The maximum atomic E-state index is 14.0. The number of pyridine rings is 1. The van der Waals surface area contributed by atoms with Crippen LogP contribution in [0.4, 0.5) is 23.5 Å². The molecule has 1 atom stereocenters. The predicted octanol–water partition coefficient (Wildman–Crippen LogP) is 4.76. The van der Waals surface area contributed by atoms with Gasteiger partial charge in [-0.25, -0.2) is 14.4 Å². The summed E-state index contributed by atoms with van der Waals surface area (Å²) < 4.78 is 57.7. The van der Waals surface area contributed by atoms with Crippen LogP contribution >= 0.6 is 0 Å². The standard InChI is InChI=1S/C23H16F4N6O/c1-13(31-22-29-12-28-19-8-9-30-33(19)22)18-10-14-4-2-7-17(23(25,26)27)20(14)21(34)32(18)16-6-3-5-15(24)11-16/h2-13H,1H3,(H,28,29,31)/t13-/m0/s1. The van der Waals surface area contributed by atoms with E-state index in [0.717, 1.165) is 16.7 Å². The third kappa shape index (κ3) is 3.64. The average molecular weight is 468 g/mol. The lowest BCUT2D eigenvalue weighted by atomic mass is 10.0. The molecule has 0 aliphatic rings. The van der Waals surface area contributed by atoms with Gasteiger partial charge in [-0.05, 0) is 42.6 Å². The van der Waals surface area contributed by atoms with Gasteiger partial charge in [-0.3, -0.25) is 9.36 Å². The molecule has 5 rings (SSSR count). The van der Waals surface area contributed by atoms with Crippen LogP contribution in [0.3, 0.4) is 0 Å². The maximum Gasteiger partial charge on any atom is 0.417 e. The second kappa shape index (κ2) is 7.94. The number of alkyl halides is 3. The average Bonchev–Trinajstić information content (AvgIpc) is 3.28. The normalized spacial score (nSPS) is 12.9. The summed E-state index contributed by atoms with van der Waals surface area (Å²) in [5.74, 6) is -0.320. The Morgan fingerprint density at radius 2 is 1.82 bits per heavy atom. The third-order valence-electron chi connectivity index (χ3n) is 5.43. The van der Waals surface area contributed by atoms with E-state index < -0.39 is 34.5 Å². The Bertz CT molecular complexity index is 1590. The third-order valence-corrected chi connectivity index (χ3v) is 5.43. The summed E-state index contributed by atoms with van der Waals surface area (Å²) >= 11 is 0. The number of halogens is 4. The van der Waals surface area contributed by atoms with E-state index >= 15 is 0 Å². The largest absolute Gasteiger partial charge is 0.417 e. The van der Waals surface area contributed by atoms with Crippen molar-refractivity contribution in [3.8, 4) is 5.69 Å². The number of benzene rings is 2. The molecule has 5 aromatic rings. The van der Waals surface area contributed by atoms with Crippen molar-refractivity contribution in [2.45, 2.75) is 19.1 Å². The lowest BCUT2D eigenvalue weighted by Gasteiger charge is -2.22. The highest BCUT2D eigenvalue weighted by Crippen LogP contribution is 2.34. The van der Waals surface area contributed by atoms with Crippen LogP contribution in [-0.4, -0.2) is 24.1 Å². The van der Waals surface area contributed by atoms with Gasteiger partial charge in [0.25, 0.3) is 5.56 Å². The minimum Gasteiger partial charge on any atom is -0.346 e. The van der Waals surface area contributed by atoms with E-state index in [1.165, 1.54) is 53.4 Å². The molecule has 7 nitrogen and oxygen atoms in total. The molecule has 34 heavy (non-hydrogen) atoms. The Morgan fingerprint density at radius 3 is 2.59 bits per heavy atom. The van der Waals surface area contributed by atoms with E-state index in [-0.39, 0.29) is 11.1 Å². The first-order valence-electron chi connectivity index (χ1n) is 10.2. The molecule has 0 amide bonds. The van der Waals surface area contributed by atoms with Crippen LogP contribution < -0.4 is 10.9 Å². The lowest BCUT2D eigenvalue weighted by Crippen LogP contribution is -2.27. The van der Waals surface area contributed by atoms with E-state index in [1.54, 1.807) is 13.0 Å². The molecule has 0 radical (unpaired) electrons. The number of hydrogen-bond acceptors (Lipinski definition) is 5. The summed E-state index contributed by atoms with van der Waals surface area (Å²) in [6.45, 7) is 1.71. The summed E-state index contributed by atoms with van der Waals surface area (Å²) in [7, 11) is 0. The first-order chi connectivity index (χ1) is 16.2. The van der Waals surface area contributed by atoms with Gasteiger partial charge in [0.05, 0.1) is 28.9 Å². The molecule has 0 saturated carbocycles. The van der Waals surface area contributed by atoms with E-state index in [9.17, 15) is 22.4 Å². The van der Waals surface area contributed by atoms with Crippen molar-refractivity contribution in [1.82, 2.24) is 24.1 Å². The van der Waals surface area contributed by atoms with E-state index in [1.807, 2.05) is 0 Å². The van der Waals surface area contributed by atoms with Gasteiger partial charge < -0.3 is 5.32 Å². The van der Waals surface area contributed by atoms with Gasteiger partial charge >= 0.3 is 6.18 Å². The molecule has 3 aromatic heterocycles. The molecule has 3 heterocycles. The first kappa shape index (κ1) is 21.6. The van der Waals surface area contributed by atoms with Gasteiger partial charge in [0, 0.05) is 11.8 Å². The molecule has 172 valence electrons. The number of aromatic nitrogens is 5. The van der Waals surface area contributed by atoms with Crippen LogP contribution in [-0.2, 0) is 6.18 Å². The molecular weight excluding hydrogens is 452 g/mol. The fraction of sp³-hybridized carbons (Fsp3) is 0.130. The summed E-state index contributed by atoms with van der Waals surface area (Å²) in [6.07, 6.45) is -1.87. The maximum absolute atomic E-state index is 14.0. The second-order valence-corrected chi connectivity index (χ2v) is 7.62. The Morgan fingerprint density at radius 1 is 1.03 bits per heavy atom. The number of nitrogens with zero attached hydrogens (tertiary/aromatic N) is 5. The Hall–Kier alpha value is -4.28. The van der Waals surface area contributed by atoms with Crippen molar-refractivity contribution < 1.29 is 17.6 Å². The van der Waals surface area contributed by atoms with Crippen LogP contribution in [0.1, 0.15) is 24.2 Å². The van der Waals surface area contributed by atoms with Crippen LogP contribution in [0.25, 0.3) is 22.1 Å². The molecule has 0 aliphatic carbocycles. The molecular formula is C23H16F4N6O. The van der Waals surface area contributed by atoms with Gasteiger partial charge in [-0.1, -0.05) is 18.2 Å². The van der Waals surface area contributed by atoms with E-state index in [2.05, 4.69) is 20.4 Å². The molecule has 2 aromatic carbocycles. The van der Waals surface area contributed by atoms with E-state index in [0.29, 0.717) is 17.3 Å². The highest BCUT2D eigenvalue weighted by molar-refractivity contribution is 5.86. The van der Waals surface area contributed by atoms with Crippen molar-refractivity contribution in [2.75, 3.05) is 5.32 Å². The molecule has 1 N–H and O–H groups in total. The summed E-state index contributed by atoms with van der Waals surface area (Å²) in [5.41, 5.74) is -1.03. The zero-order valence-electron chi connectivity index (χ0n) is 17.6. The van der Waals surface area contributed by atoms with Gasteiger partial charge in [-0.2, -0.15) is 22.8 Å². The molecule has 0 spiro atoms. The minimum absolute atomic E-state index is 0.0967. The number of nitrogens with one attached hydrogen (secondary N) is 1. The topological polar surface area (TPSA) is 77.1 Å². The fourth-order valence-electron chi connectivity index (χ4n) is 3.94. The summed E-state index contributed by atoms with van der Waals surface area (Å²) in [6, 6.07) is 11.2. The van der Waals surface area contributed by atoms with Crippen molar-refractivity contribution in [3.05, 3.63) is 94.5 Å². The number of rotatable bonds is 4. The zero-order chi connectivity index (χ0) is 24.0. The predicted molar refractivity (Wildman–Crippen MR) is 117 cm³/mol. The minimum atomic E-state index is -4.74. The molecule has 0 bridgehead atoms. The monoisotopic (exact) mass is 468 g/mol. The summed E-state index contributed by atoms with van der Waals surface area (Å²) in [5, 5.41) is 6.89. The number of hydrogen-bond donors (Lipinski definition) is 1. The first-order valence-corrected chi connectivity index (χ1v) is 10.2. The number of anilines is 1. The van der Waals surface area contributed by atoms with Crippen molar-refractivity contribution >= 4 is 22.4 Å². The SMILES string of the molecule is C[C@H](Nc1ncnc2ccnn12)c1cc2cccc(C(F)(F)F)c2c(=O)n1-c1cccc(F)c1. The number of fused-ring (bicyclic) bond motifs is 2. The van der Waals surface area contributed by atoms with Crippen LogP contribution in [0.2, 0.25) is 0 Å². The van der Waals surface area contributed by atoms with Crippen LogP contribution in [0.5, 0.6) is 0 Å². The molecule has 0 aliphatic heterocycles. The molecule has 0 saturated heterocycles. The highest BCUT2D eigenvalue weighted by Gasteiger charge is 2.34. The van der Waals surface area contributed by atoms with Crippen molar-refractivity contribution in [1.29, 1.82) is 0 Å². The molecule has 0 unspecified atom stereocenters. The van der Waals surface area contributed by atoms with E-state index in [4.69, 9.17) is 0 Å². The highest BCUT2D eigenvalue weighted by atomic mass is 19.4. The lowest BCUT2D eigenvalue weighted by molar-refractivity contribution is -0.136. The Balaban J connectivity index is 1.76. The van der Waals surface area contributed by atoms with Gasteiger partial charge in [0.2, 0.25) is 5.95 Å². The molecule has 0 fully saturated rings. The van der Waals surface area contributed by atoms with Crippen molar-refractivity contribution in [2.24, 2.45) is 0 Å². The smallest absolute Gasteiger partial charge is 0.346 e. The Labute approximate surface area is 189 Å². The van der Waals surface area contributed by atoms with Gasteiger partial charge in [0.15, 0.2) is 5.65 Å².